The monoisotopic (exact) mass is 784 g/mol. The highest BCUT2D eigenvalue weighted by Crippen LogP contribution is 2.53. The van der Waals surface area contributed by atoms with Crippen molar-refractivity contribution in [3.05, 3.63) is 149 Å². The van der Waals surface area contributed by atoms with Gasteiger partial charge in [0.25, 0.3) is 0 Å². The van der Waals surface area contributed by atoms with Gasteiger partial charge in [-0.25, -0.2) is 9.97 Å². The maximum Gasteiger partial charge on any atom is 0.147 e. The highest BCUT2D eigenvalue weighted by Gasteiger charge is 2.44. The highest BCUT2D eigenvalue weighted by atomic mass is 32.1. The van der Waals surface area contributed by atoms with E-state index in [1.807, 2.05) is 48.5 Å². The number of allylic oxidation sites excluding steroid dienone is 8. The van der Waals surface area contributed by atoms with E-state index in [-0.39, 0.29) is 11.8 Å². The molecule has 6 aliphatic rings. The van der Waals surface area contributed by atoms with E-state index >= 15 is 0 Å². The zero-order valence-electron chi connectivity index (χ0n) is 28.4. The molecule has 10 heteroatoms. The van der Waals surface area contributed by atoms with Crippen LogP contribution < -0.4 is 0 Å². The molecule has 0 amide bonds. The Bertz CT molecular complexity index is 2370. The first-order valence-electron chi connectivity index (χ1n) is 17.0. The summed E-state index contributed by atoms with van der Waals surface area (Å²) in [5.74, 6) is 1.93. The van der Waals surface area contributed by atoms with Crippen LogP contribution in [-0.2, 0) is 20.7 Å². The molecule has 2 atom stereocenters. The molecule has 52 heavy (non-hydrogen) atoms. The maximum atomic E-state index is 6.73. The minimum atomic E-state index is -0.618. The molecule has 2 aromatic heterocycles. The molecular formula is C42H28N2O2S6. The van der Waals surface area contributed by atoms with Crippen molar-refractivity contribution in [2.75, 3.05) is 0 Å². The van der Waals surface area contributed by atoms with E-state index in [4.69, 9.17) is 68.3 Å². The van der Waals surface area contributed by atoms with Crippen LogP contribution in [0.1, 0.15) is 81.1 Å². The van der Waals surface area contributed by atoms with Gasteiger partial charge in [0.1, 0.15) is 44.1 Å². The first-order chi connectivity index (χ1) is 24.9. The molecule has 4 aromatic rings. The lowest BCUT2D eigenvalue weighted by Crippen LogP contribution is -2.32. The largest absolute Gasteiger partial charge is 0.481 e. The molecule has 0 saturated heterocycles. The second-order valence-electron chi connectivity index (χ2n) is 14.6. The predicted molar refractivity (Wildman–Crippen MR) is 227 cm³/mol. The molecule has 2 aromatic carbocycles. The van der Waals surface area contributed by atoms with Crippen LogP contribution in [0.5, 0.6) is 0 Å². The topological polar surface area (TPSA) is 44.2 Å². The van der Waals surface area contributed by atoms with Gasteiger partial charge in [-0.1, -0.05) is 110 Å². The molecule has 0 saturated carbocycles. The summed E-state index contributed by atoms with van der Waals surface area (Å²) in [5, 5.41) is 1.73. The maximum absolute atomic E-state index is 6.73. The molecule has 2 unspecified atom stereocenters. The molecule has 0 N–H and O–H groups in total. The highest BCUT2D eigenvalue weighted by molar-refractivity contribution is 7.84. The van der Waals surface area contributed by atoms with E-state index in [1.54, 1.807) is 22.7 Å². The van der Waals surface area contributed by atoms with Gasteiger partial charge in [0.05, 0.1) is 29.2 Å². The third-order valence-corrected chi connectivity index (χ3v) is 14.2. The van der Waals surface area contributed by atoms with Gasteiger partial charge in [0.15, 0.2) is 0 Å². The Balaban J connectivity index is 1.01. The first kappa shape index (κ1) is 32.7. The Hall–Kier alpha value is -3.90. The second-order valence-corrected chi connectivity index (χ2v) is 18.3. The summed E-state index contributed by atoms with van der Waals surface area (Å²) < 4.78 is 13.5. The third kappa shape index (κ3) is 4.78. The van der Waals surface area contributed by atoms with Crippen molar-refractivity contribution in [1.82, 2.24) is 9.97 Å². The molecule has 0 spiro atoms. The van der Waals surface area contributed by atoms with Crippen LogP contribution in [0.15, 0.2) is 95.5 Å². The lowest BCUT2D eigenvalue weighted by molar-refractivity contribution is 0.0279. The van der Waals surface area contributed by atoms with E-state index < -0.39 is 11.2 Å². The Kier molecular flexibility index (Phi) is 7.11. The molecular weight excluding hydrogens is 757 g/mol. The third-order valence-electron chi connectivity index (χ3n) is 10.4. The van der Waals surface area contributed by atoms with Gasteiger partial charge < -0.3 is 9.47 Å². The number of rotatable bonds is 2. The van der Waals surface area contributed by atoms with Crippen LogP contribution in [0.3, 0.4) is 0 Å². The van der Waals surface area contributed by atoms with Crippen molar-refractivity contribution in [1.29, 1.82) is 0 Å². The number of thiazole rings is 2. The fourth-order valence-electron chi connectivity index (χ4n) is 7.85. The van der Waals surface area contributed by atoms with Crippen LogP contribution in [-0.4, -0.2) is 29.4 Å². The molecule has 10 rings (SSSR count). The molecule has 2 aliphatic heterocycles. The number of thiocarbonyl (C=S) groups is 4. The van der Waals surface area contributed by atoms with Crippen molar-refractivity contribution in [2.45, 2.75) is 38.9 Å². The zero-order chi connectivity index (χ0) is 35.8. The Morgan fingerprint density at radius 2 is 0.904 bits per heavy atom. The Morgan fingerprint density at radius 3 is 1.25 bits per heavy atom. The van der Waals surface area contributed by atoms with E-state index in [0.29, 0.717) is 0 Å². The van der Waals surface area contributed by atoms with Crippen molar-refractivity contribution >= 4 is 114 Å². The van der Waals surface area contributed by atoms with Crippen LogP contribution >= 0.6 is 71.5 Å². The summed E-state index contributed by atoms with van der Waals surface area (Å²) in [7, 11) is 0. The smallest absolute Gasteiger partial charge is 0.147 e. The van der Waals surface area contributed by atoms with E-state index in [9.17, 15) is 0 Å². The zero-order valence-corrected chi connectivity index (χ0v) is 33.3. The molecule has 0 fully saturated rings. The minimum Gasteiger partial charge on any atom is -0.481 e. The summed E-state index contributed by atoms with van der Waals surface area (Å²) in [6.45, 7) is 8.34. The van der Waals surface area contributed by atoms with Crippen LogP contribution in [0.4, 0.5) is 0 Å². The number of ether oxygens (including phenoxy) is 2. The number of hydrogen-bond donors (Lipinski definition) is 0. The van der Waals surface area contributed by atoms with Crippen molar-refractivity contribution in [3.8, 4) is 0 Å². The second kappa shape index (κ2) is 11.3. The van der Waals surface area contributed by atoms with Gasteiger partial charge in [-0.05, 0) is 52.0 Å². The minimum absolute atomic E-state index is 0.0853. The summed E-state index contributed by atoms with van der Waals surface area (Å²) in [6, 6.07) is 16.2. The standard InChI is InChI=1S/C42H28N2O2S6/c1-41(2)39-37(51-31(43-39)17-27-33(47)21-9-5-6-10-22(21)34(27)48)25-13-20-16-30-26(14-19(20)15-29(25)45-41)38-40(42(3,4)46-30)44-32(52-38)18-28-35(49)23-11-7-8-12-24(23)36(28)50/h5-20H,1-4H3. The number of hydrogen-bond acceptors (Lipinski definition) is 10. The number of benzene rings is 2. The SMILES string of the molecule is CC1(C)OC2=CC3C=C4C(=CC3C=C2c2sc(C=C3C(=S)c5ccccc5C3=S)nc21)OC(C)(C)c1nc(C=C2C(=S)c3ccccc3C2=S)sc14. The lowest BCUT2D eigenvalue weighted by atomic mass is 9.77. The van der Waals surface area contributed by atoms with Crippen LogP contribution in [0, 0.1) is 11.8 Å². The first-order valence-corrected chi connectivity index (χ1v) is 20.2. The van der Waals surface area contributed by atoms with Crippen LogP contribution in [0.2, 0.25) is 0 Å². The van der Waals surface area contributed by atoms with Gasteiger partial charge >= 0.3 is 0 Å². The summed E-state index contributed by atoms with van der Waals surface area (Å²) in [5.41, 5.74) is 8.59. The van der Waals surface area contributed by atoms with Crippen molar-refractivity contribution in [3.63, 3.8) is 0 Å². The molecule has 254 valence electrons. The number of aromatic nitrogens is 2. The van der Waals surface area contributed by atoms with Crippen LogP contribution in [0.25, 0.3) is 23.3 Å². The summed E-state index contributed by atoms with van der Waals surface area (Å²) >= 11 is 26.8. The lowest BCUT2D eigenvalue weighted by Gasteiger charge is -2.40. The van der Waals surface area contributed by atoms with E-state index in [0.717, 1.165) is 107 Å². The van der Waals surface area contributed by atoms with E-state index in [1.165, 1.54) is 0 Å². The molecule has 4 heterocycles. The van der Waals surface area contributed by atoms with Gasteiger partial charge in [-0.15, -0.1) is 22.7 Å². The quantitative estimate of drug-likeness (QED) is 0.147. The average Bonchev–Trinajstić information content (AvgIpc) is 3.86. The van der Waals surface area contributed by atoms with Gasteiger partial charge in [0.2, 0.25) is 0 Å². The van der Waals surface area contributed by atoms with Crippen molar-refractivity contribution < 1.29 is 9.47 Å². The molecule has 0 radical (unpaired) electrons. The normalized spacial score (nSPS) is 22.6. The van der Waals surface area contributed by atoms with Gasteiger partial charge in [-0.2, -0.15) is 0 Å². The molecule has 0 bridgehead atoms. The predicted octanol–water partition coefficient (Wildman–Crippen LogP) is 10.7. The van der Waals surface area contributed by atoms with Gasteiger partial charge in [-0.3, -0.25) is 0 Å². The number of fused-ring (bicyclic) bond motifs is 9. The Morgan fingerprint density at radius 1 is 0.558 bits per heavy atom. The van der Waals surface area contributed by atoms with E-state index in [2.05, 4.69) is 64.2 Å². The van der Waals surface area contributed by atoms with Gasteiger partial charge in [0, 0.05) is 56.4 Å². The summed E-state index contributed by atoms with van der Waals surface area (Å²) in [4.78, 5) is 15.6. The van der Waals surface area contributed by atoms with Crippen molar-refractivity contribution in [2.24, 2.45) is 11.8 Å². The Labute approximate surface area is 331 Å². The summed E-state index contributed by atoms with van der Waals surface area (Å²) in [6.07, 6.45) is 13.3. The fourth-order valence-corrected chi connectivity index (χ4v) is 11.7. The molecule has 4 nitrogen and oxygen atoms in total. The average molecular weight is 785 g/mol. The fraction of sp³-hybridized carbons (Fsp3) is 0.190. The number of nitrogens with zero attached hydrogens (tertiary/aromatic N) is 2. The molecule has 4 aliphatic carbocycles.